The van der Waals surface area contributed by atoms with E-state index in [1.54, 1.807) is 20.8 Å². The predicted octanol–water partition coefficient (Wildman–Crippen LogP) is 3.68. The van der Waals surface area contributed by atoms with E-state index < -0.39 is 5.56 Å². The first kappa shape index (κ1) is 17.5. The first-order valence-corrected chi connectivity index (χ1v) is 7.77. The Morgan fingerprint density at radius 2 is 1.96 bits per heavy atom. The first-order valence-electron chi connectivity index (χ1n) is 7.77. The van der Waals surface area contributed by atoms with Crippen LogP contribution in [0.2, 0.25) is 0 Å². The Balaban J connectivity index is 2.69. The molecule has 0 aliphatic rings. The van der Waals surface area contributed by atoms with E-state index >= 15 is 0 Å². The summed E-state index contributed by atoms with van der Waals surface area (Å²) in [6, 6.07) is 7.60. The molecule has 0 aliphatic heterocycles. The topological polar surface area (TPSA) is 78.4 Å². The van der Waals surface area contributed by atoms with Crippen molar-refractivity contribution >= 4 is 11.9 Å². The number of nitriles is 1. The summed E-state index contributed by atoms with van der Waals surface area (Å²) in [7, 11) is 0. The van der Waals surface area contributed by atoms with Crippen LogP contribution in [0.3, 0.4) is 0 Å². The number of hydrogen-bond donors (Lipinski definition) is 1. The lowest BCUT2D eigenvalue weighted by Crippen LogP contribution is -2.26. The Labute approximate surface area is 141 Å². The maximum atomic E-state index is 12.3. The van der Waals surface area contributed by atoms with E-state index in [9.17, 15) is 15.2 Å². The number of benzene rings is 1. The molecule has 0 saturated carbocycles. The molecule has 0 fully saturated rings. The van der Waals surface area contributed by atoms with Gasteiger partial charge in [-0.15, -0.1) is 0 Å². The van der Waals surface area contributed by atoms with Crippen molar-refractivity contribution in [3.05, 3.63) is 56.4 Å². The number of aromatic hydroxyl groups is 1. The van der Waals surface area contributed by atoms with Gasteiger partial charge >= 0.3 is 0 Å². The second-order valence-corrected chi connectivity index (χ2v) is 6.17. The Morgan fingerprint density at radius 3 is 2.54 bits per heavy atom. The summed E-state index contributed by atoms with van der Waals surface area (Å²) >= 11 is 0. The molecule has 0 aliphatic carbocycles. The van der Waals surface area contributed by atoms with E-state index in [-0.39, 0.29) is 17.5 Å². The molecule has 0 saturated heterocycles. The van der Waals surface area contributed by atoms with Gasteiger partial charge in [0.15, 0.2) is 0 Å². The standard InChI is InChI=1S/C19H21N3O2/c1-11(2)22-18(23)15(9-20)14(5)16(19(22)24)10-21-17-8-12(3)6-7-13(17)4/h6-8,10-11,24H,1-5H3. The molecule has 5 heteroatoms. The summed E-state index contributed by atoms with van der Waals surface area (Å²) < 4.78 is 1.22. The highest BCUT2D eigenvalue weighted by Gasteiger charge is 2.19. The lowest BCUT2D eigenvalue weighted by molar-refractivity contribution is 0.386. The highest BCUT2D eigenvalue weighted by molar-refractivity contribution is 5.87. The molecule has 1 aromatic heterocycles. The molecule has 0 radical (unpaired) electrons. The van der Waals surface area contributed by atoms with Crippen LogP contribution in [0.5, 0.6) is 5.88 Å². The van der Waals surface area contributed by atoms with Gasteiger partial charge in [0.1, 0.15) is 11.6 Å². The summed E-state index contributed by atoms with van der Waals surface area (Å²) in [6.45, 7) is 9.14. The molecule has 0 atom stereocenters. The van der Waals surface area contributed by atoms with E-state index in [0.717, 1.165) is 16.8 Å². The number of aromatic nitrogens is 1. The maximum Gasteiger partial charge on any atom is 0.271 e. The van der Waals surface area contributed by atoms with Crippen LogP contribution in [-0.2, 0) is 0 Å². The molecule has 1 heterocycles. The molecule has 2 aromatic rings. The van der Waals surface area contributed by atoms with Crippen LogP contribution in [0, 0.1) is 32.1 Å². The fourth-order valence-electron chi connectivity index (χ4n) is 2.57. The fourth-order valence-corrected chi connectivity index (χ4v) is 2.57. The van der Waals surface area contributed by atoms with Crippen LogP contribution in [-0.4, -0.2) is 15.9 Å². The lowest BCUT2D eigenvalue weighted by Gasteiger charge is -2.16. The summed E-state index contributed by atoms with van der Waals surface area (Å²) in [5.41, 5.74) is 3.25. The number of aryl methyl sites for hydroxylation is 2. The number of pyridine rings is 1. The van der Waals surface area contributed by atoms with Gasteiger partial charge in [0.25, 0.3) is 5.56 Å². The van der Waals surface area contributed by atoms with Crippen molar-refractivity contribution in [2.24, 2.45) is 4.99 Å². The van der Waals surface area contributed by atoms with Crippen molar-refractivity contribution in [1.29, 1.82) is 5.26 Å². The van der Waals surface area contributed by atoms with E-state index in [4.69, 9.17) is 0 Å². The Kier molecular flexibility index (Phi) is 4.89. The zero-order valence-electron chi connectivity index (χ0n) is 14.6. The third kappa shape index (κ3) is 3.09. The fraction of sp³-hybridized carbons (Fsp3) is 0.316. The van der Waals surface area contributed by atoms with Gasteiger partial charge in [0.2, 0.25) is 5.88 Å². The van der Waals surface area contributed by atoms with Crippen molar-refractivity contribution in [3.63, 3.8) is 0 Å². The average Bonchev–Trinajstić information content (AvgIpc) is 2.50. The molecule has 0 unspecified atom stereocenters. The molecule has 0 bridgehead atoms. The number of aliphatic imine (C=N–C) groups is 1. The summed E-state index contributed by atoms with van der Waals surface area (Å²) in [5, 5.41) is 19.8. The molecule has 1 aromatic carbocycles. The zero-order valence-corrected chi connectivity index (χ0v) is 14.6. The lowest BCUT2D eigenvalue weighted by atomic mass is 10.1. The van der Waals surface area contributed by atoms with Crippen LogP contribution in [0.4, 0.5) is 5.69 Å². The van der Waals surface area contributed by atoms with Gasteiger partial charge in [-0.05, 0) is 57.4 Å². The largest absolute Gasteiger partial charge is 0.494 e. The number of rotatable bonds is 3. The molecule has 0 amide bonds. The van der Waals surface area contributed by atoms with Gasteiger partial charge in [0.05, 0.1) is 11.3 Å². The van der Waals surface area contributed by atoms with Crippen LogP contribution in [0.15, 0.2) is 28.0 Å². The Morgan fingerprint density at radius 1 is 1.29 bits per heavy atom. The van der Waals surface area contributed by atoms with Crippen molar-refractivity contribution in [2.45, 2.75) is 40.7 Å². The molecule has 2 rings (SSSR count). The average molecular weight is 323 g/mol. The summed E-state index contributed by atoms with van der Waals surface area (Å²) in [6.07, 6.45) is 1.52. The minimum Gasteiger partial charge on any atom is -0.494 e. The summed E-state index contributed by atoms with van der Waals surface area (Å²) in [4.78, 5) is 16.8. The van der Waals surface area contributed by atoms with Crippen LogP contribution >= 0.6 is 0 Å². The van der Waals surface area contributed by atoms with Crippen LogP contribution in [0.1, 0.15) is 47.7 Å². The first-order chi connectivity index (χ1) is 11.3. The van der Waals surface area contributed by atoms with Gasteiger partial charge in [-0.2, -0.15) is 5.26 Å². The SMILES string of the molecule is Cc1ccc(C)c(N=Cc2c(C)c(C#N)c(=O)n(C(C)C)c2O)c1. The van der Waals surface area contributed by atoms with E-state index in [2.05, 4.69) is 4.99 Å². The number of hydrogen-bond acceptors (Lipinski definition) is 4. The van der Waals surface area contributed by atoms with Gasteiger partial charge in [-0.3, -0.25) is 14.4 Å². The van der Waals surface area contributed by atoms with E-state index in [1.807, 2.05) is 38.1 Å². The summed E-state index contributed by atoms with van der Waals surface area (Å²) in [5.74, 6) is -0.166. The van der Waals surface area contributed by atoms with Crippen molar-refractivity contribution in [3.8, 4) is 11.9 Å². The molecule has 5 nitrogen and oxygen atoms in total. The normalized spacial score (nSPS) is 11.2. The third-order valence-electron chi connectivity index (χ3n) is 4.01. The third-order valence-corrected chi connectivity index (χ3v) is 4.01. The number of nitrogens with zero attached hydrogens (tertiary/aromatic N) is 3. The monoisotopic (exact) mass is 323 g/mol. The molecule has 0 spiro atoms. The van der Waals surface area contributed by atoms with Crippen LogP contribution < -0.4 is 5.56 Å². The Hall–Kier alpha value is -2.87. The maximum absolute atomic E-state index is 12.3. The van der Waals surface area contributed by atoms with E-state index in [1.165, 1.54) is 10.8 Å². The predicted molar refractivity (Wildman–Crippen MR) is 95.4 cm³/mol. The minimum absolute atomic E-state index is 0.0314. The quantitative estimate of drug-likeness (QED) is 0.875. The minimum atomic E-state index is -0.480. The van der Waals surface area contributed by atoms with Gasteiger partial charge < -0.3 is 5.11 Å². The second kappa shape index (κ2) is 6.71. The molecule has 1 N–H and O–H groups in total. The van der Waals surface area contributed by atoms with Crippen molar-refractivity contribution in [2.75, 3.05) is 0 Å². The van der Waals surface area contributed by atoms with Crippen molar-refractivity contribution in [1.82, 2.24) is 4.57 Å². The van der Waals surface area contributed by atoms with E-state index in [0.29, 0.717) is 11.1 Å². The second-order valence-electron chi connectivity index (χ2n) is 6.17. The highest BCUT2D eigenvalue weighted by atomic mass is 16.3. The highest BCUT2D eigenvalue weighted by Crippen LogP contribution is 2.25. The molecular formula is C19H21N3O2. The molecule has 24 heavy (non-hydrogen) atoms. The van der Waals surface area contributed by atoms with Crippen molar-refractivity contribution < 1.29 is 5.11 Å². The van der Waals surface area contributed by atoms with Crippen LogP contribution in [0.25, 0.3) is 0 Å². The van der Waals surface area contributed by atoms with Gasteiger partial charge in [-0.1, -0.05) is 12.1 Å². The zero-order chi connectivity index (χ0) is 18.0. The van der Waals surface area contributed by atoms with Gasteiger partial charge in [0, 0.05) is 12.3 Å². The Bertz CT molecular complexity index is 916. The molecule has 124 valence electrons. The molecular weight excluding hydrogens is 302 g/mol. The van der Waals surface area contributed by atoms with Gasteiger partial charge in [-0.25, -0.2) is 0 Å². The smallest absolute Gasteiger partial charge is 0.271 e.